The van der Waals surface area contributed by atoms with Crippen molar-refractivity contribution < 1.29 is 9.53 Å². The van der Waals surface area contributed by atoms with Gasteiger partial charge < -0.3 is 9.64 Å². The maximum Gasteiger partial charge on any atom is 0.255 e. The van der Waals surface area contributed by atoms with E-state index in [-0.39, 0.29) is 24.1 Å². The van der Waals surface area contributed by atoms with Gasteiger partial charge >= 0.3 is 0 Å². The predicted molar refractivity (Wildman–Crippen MR) is 112 cm³/mol. The number of pyridine rings is 1. The monoisotopic (exact) mass is 374 g/mol. The average Bonchev–Trinajstić information content (AvgIpc) is 3.52. The van der Waals surface area contributed by atoms with E-state index in [1.54, 1.807) is 0 Å². The van der Waals surface area contributed by atoms with Crippen molar-refractivity contribution in [2.45, 2.75) is 45.9 Å². The van der Waals surface area contributed by atoms with Gasteiger partial charge in [-0.25, -0.2) is 4.98 Å². The number of hydrogen-bond acceptors (Lipinski definition) is 3. The highest BCUT2D eigenvalue weighted by Gasteiger charge is 2.28. The van der Waals surface area contributed by atoms with E-state index in [1.807, 2.05) is 47.4 Å². The first-order valence-electron chi connectivity index (χ1n) is 9.90. The van der Waals surface area contributed by atoms with E-state index in [1.165, 1.54) is 0 Å². The van der Waals surface area contributed by atoms with E-state index in [0.717, 1.165) is 34.3 Å². The summed E-state index contributed by atoms with van der Waals surface area (Å²) < 4.78 is 5.45. The van der Waals surface area contributed by atoms with E-state index < -0.39 is 0 Å². The third-order valence-corrected chi connectivity index (χ3v) is 5.19. The van der Waals surface area contributed by atoms with Crippen LogP contribution in [-0.4, -0.2) is 34.5 Å². The van der Waals surface area contributed by atoms with Crippen molar-refractivity contribution in [3.05, 3.63) is 65.7 Å². The molecule has 1 unspecified atom stereocenters. The van der Waals surface area contributed by atoms with E-state index in [2.05, 4.69) is 39.8 Å². The lowest BCUT2D eigenvalue weighted by Crippen LogP contribution is -2.42. The molecule has 1 amide bonds. The van der Waals surface area contributed by atoms with Crippen molar-refractivity contribution in [2.24, 2.45) is 0 Å². The first kappa shape index (κ1) is 18.6. The average molecular weight is 374 g/mol. The Balaban J connectivity index is 1.92. The molecule has 1 aromatic heterocycles. The molecule has 0 spiro atoms. The lowest BCUT2D eigenvalue weighted by Gasteiger charge is -2.31. The minimum atomic E-state index is 0.0449. The minimum absolute atomic E-state index is 0.0449. The van der Waals surface area contributed by atoms with E-state index >= 15 is 0 Å². The van der Waals surface area contributed by atoms with Crippen LogP contribution in [0.2, 0.25) is 0 Å². The molecule has 2 heterocycles. The fourth-order valence-electron chi connectivity index (χ4n) is 3.82. The Bertz CT molecular complexity index is 1000. The van der Waals surface area contributed by atoms with Crippen molar-refractivity contribution in [2.75, 3.05) is 6.61 Å². The summed E-state index contributed by atoms with van der Waals surface area (Å²) in [6.07, 6.45) is 0.146. The molecule has 0 N–H and O–H groups in total. The van der Waals surface area contributed by atoms with Crippen LogP contribution in [0.25, 0.3) is 22.2 Å². The lowest BCUT2D eigenvalue weighted by atomic mass is 9.99. The summed E-state index contributed by atoms with van der Waals surface area (Å²) >= 11 is 0. The fraction of sp³-hybridized carbons (Fsp3) is 0.333. The molecule has 4 rings (SSSR count). The van der Waals surface area contributed by atoms with Crippen LogP contribution >= 0.6 is 0 Å². The molecule has 28 heavy (non-hydrogen) atoms. The smallest absolute Gasteiger partial charge is 0.255 e. The molecule has 1 aliphatic rings. The van der Waals surface area contributed by atoms with Crippen LogP contribution in [0.15, 0.2) is 54.6 Å². The number of carbonyl (C=O) groups excluding carboxylic acids is 1. The number of rotatable bonds is 5. The van der Waals surface area contributed by atoms with E-state index in [9.17, 15) is 4.79 Å². The van der Waals surface area contributed by atoms with Crippen LogP contribution < -0.4 is 0 Å². The predicted octanol–water partition coefficient (Wildman–Crippen LogP) is 5.23. The van der Waals surface area contributed by atoms with Gasteiger partial charge in [0.25, 0.3) is 5.91 Å². The summed E-state index contributed by atoms with van der Waals surface area (Å²) in [5, 5.41) is 0.893. The topological polar surface area (TPSA) is 45.7 Å². The number of nitrogens with zero attached hydrogens (tertiary/aromatic N) is 2. The Hall–Kier alpha value is -2.72. The van der Waals surface area contributed by atoms with Crippen molar-refractivity contribution in [1.82, 2.24) is 9.88 Å². The molecule has 1 aliphatic heterocycles. The van der Waals surface area contributed by atoms with Crippen LogP contribution in [0.3, 0.4) is 0 Å². The van der Waals surface area contributed by atoms with Gasteiger partial charge in [-0.3, -0.25) is 4.79 Å². The maximum atomic E-state index is 13.6. The summed E-state index contributed by atoms with van der Waals surface area (Å²) in [6.45, 7) is 8.98. The first-order valence-corrected chi connectivity index (χ1v) is 9.90. The van der Waals surface area contributed by atoms with Crippen LogP contribution in [0.4, 0.5) is 0 Å². The van der Waals surface area contributed by atoms with Crippen molar-refractivity contribution in [3.8, 4) is 11.3 Å². The van der Waals surface area contributed by atoms with E-state index in [0.29, 0.717) is 5.56 Å². The van der Waals surface area contributed by atoms with Gasteiger partial charge in [-0.05, 0) is 51.5 Å². The van der Waals surface area contributed by atoms with E-state index in [4.69, 9.17) is 9.72 Å². The van der Waals surface area contributed by atoms with Gasteiger partial charge in [-0.15, -0.1) is 0 Å². The molecule has 3 aromatic rings. The van der Waals surface area contributed by atoms with Crippen molar-refractivity contribution in [1.29, 1.82) is 0 Å². The highest BCUT2D eigenvalue weighted by atomic mass is 16.6. The molecule has 0 saturated carbocycles. The Labute approximate surface area is 166 Å². The molecule has 0 bridgehead atoms. The maximum absolute atomic E-state index is 13.6. The Kier molecular flexibility index (Phi) is 4.90. The number of fused-ring (bicyclic) bond motifs is 1. The van der Waals surface area contributed by atoms with Crippen molar-refractivity contribution >= 4 is 16.8 Å². The third-order valence-electron chi connectivity index (χ3n) is 5.19. The summed E-state index contributed by atoms with van der Waals surface area (Å²) in [5.41, 5.74) is 4.47. The fourth-order valence-corrected chi connectivity index (χ4v) is 3.82. The van der Waals surface area contributed by atoms with Gasteiger partial charge in [0.15, 0.2) is 0 Å². The Morgan fingerprint density at radius 3 is 2.32 bits per heavy atom. The zero-order chi connectivity index (χ0) is 19.8. The summed E-state index contributed by atoms with van der Waals surface area (Å²) in [4.78, 5) is 20.4. The number of aromatic nitrogens is 1. The highest BCUT2D eigenvalue weighted by molar-refractivity contribution is 6.07. The summed E-state index contributed by atoms with van der Waals surface area (Å²) in [7, 11) is 0. The zero-order valence-corrected chi connectivity index (χ0v) is 16.8. The number of ether oxygens (including phenoxy) is 1. The Morgan fingerprint density at radius 2 is 1.71 bits per heavy atom. The van der Waals surface area contributed by atoms with Gasteiger partial charge in [0, 0.05) is 23.0 Å². The van der Waals surface area contributed by atoms with Crippen LogP contribution in [0, 0.1) is 0 Å². The number of amides is 1. The second-order valence-electron chi connectivity index (χ2n) is 7.92. The summed E-state index contributed by atoms with van der Waals surface area (Å²) in [5.74, 6) is 0.0449. The SMILES string of the molecule is CC(C)N(C(=O)c1cc(-c2ccccc2)nc2ccc(C3CO3)cc12)C(C)C. The van der Waals surface area contributed by atoms with Gasteiger partial charge in [0.1, 0.15) is 6.10 Å². The first-order chi connectivity index (χ1) is 13.5. The molecule has 1 saturated heterocycles. The van der Waals surface area contributed by atoms with Crippen molar-refractivity contribution in [3.63, 3.8) is 0 Å². The molecular weight excluding hydrogens is 348 g/mol. The largest absolute Gasteiger partial charge is 0.368 e. The number of epoxide rings is 1. The minimum Gasteiger partial charge on any atom is -0.368 e. The second kappa shape index (κ2) is 7.36. The molecule has 2 aromatic carbocycles. The van der Waals surface area contributed by atoms with Crippen LogP contribution in [0.1, 0.15) is 49.7 Å². The highest BCUT2D eigenvalue weighted by Crippen LogP contribution is 2.34. The standard InChI is InChI=1S/C24H26N2O2/c1-15(2)26(16(3)4)24(27)20-13-22(17-8-6-5-7-9-17)25-21-11-10-18(12-19(20)21)23-14-28-23/h5-13,15-16,23H,14H2,1-4H3. The molecule has 144 valence electrons. The van der Waals surface area contributed by atoms with Gasteiger partial charge in [-0.2, -0.15) is 0 Å². The molecular formula is C24H26N2O2. The zero-order valence-electron chi connectivity index (χ0n) is 16.8. The molecule has 1 fully saturated rings. The van der Waals surface area contributed by atoms with Crippen LogP contribution in [0.5, 0.6) is 0 Å². The van der Waals surface area contributed by atoms with Gasteiger partial charge in [0.2, 0.25) is 0 Å². The molecule has 4 nitrogen and oxygen atoms in total. The molecule has 1 atom stereocenters. The number of hydrogen-bond donors (Lipinski definition) is 0. The quantitative estimate of drug-likeness (QED) is 0.574. The molecule has 0 aliphatic carbocycles. The second-order valence-corrected chi connectivity index (χ2v) is 7.92. The number of carbonyl (C=O) groups is 1. The number of benzene rings is 2. The normalized spacial score (nSPS) is 16.0. The van der Waals surface area contributed by atoms with Gasteiger partial charge in [-0.1, -0.05) is 36.4 Å². The lowest BCUT2D eigenvalue weighted by molar-refractivity contribution is 0.0646. The van der Waals surface area contributed by atoms with Gasteiger partial charge in [0.05, 0.1) is 23.4 Å². The summed E-state index contributed by atoms with van der Waals surface area (Å²) in [6, 6.07) is 18.3. The van der Waals surface area contributed by atoms with Crippen LogP contribution in [-0.2, 0) is 4.74 Å². The molecule has 4 heteroatoms. The Morgan fingerprint density at radius 1 is 1.04 bits per heavy atom. The molecule has 0 radical (unpaired) electrons. The third kappa shape index (κ3) is 3.52.